The second-order valence-electron chi connectivity index (χ2n) is 4.80. The largest absolute Gasteiger partial charge is 0.361 e. The smallest absolute Gasteiger partial charge is 0.183 e. The summed E-state index contributed by atoms with van der Waals surface area (Å²) in [5.41, 5.74) is 3.26. The van der Waals surface area contributed by atoms with E-state index in [1.807, 2.05) is 12.1 Å². The minimum atomic E-state index is -0.182. The number of fused-ring (bicyclic) bond motifs is 1. The van der Waals surface area contributed by atoms with Gasteiger partial charge in [-0.1, -0.05) is 29.5 Å². The van der Waals surface area contributed by atoms with Gasteiger partial charge in [0.2, 0.25) is 0 Å². The molecular formula is C16H15FN2S. The van der Waals surface area contributed by atoms with Gasteiger partial charge >= 0.3 is 0 Å². The fraction of sp³-hybridized carbons (Fsp3) is 0.188. The Hall–Kier alpha value is -1.94. The normalized spacial score (nSPS) is 10.9. The number of rotatable bonds is 4. The van der Waals surface area contributed by atoms with Crippen LogP contribution in [0.4, 0.5) is 9.52 Å². The second kappa shape index (κ2) is 5.59. The number of halogens is 1. The van der Waals surface area contributed by atoms with Gasteiger partial charge in [0, 0.05) is 6.54 Å². The quantitative estimate of drug-likeness (QED) is 0.769. The third-order valence-corrected chi connectivity index (χ3v) is 4.10. The SMILES string of the molecule is Cc1ccc2nc(NCCc3cccc(F)c3)sc2c1. The van der Waals surface area contributed by atoms with Crippen molar-refractivity contribution in [2.75, 3.05) is 11.9 Å². The second-order valence-corrected chi connectivity index (χ2v) is 5.83. The number of nitrogens with one attached hydrogen (secondary N) is 1. The van der Waals surface area contributed by atoms with E-state index in [4.69, 9.17) is 0 Å². The number of anilines is 1. The van der Waals surface area contributed by atoms with Crippen LogP contribution in [0, 0.1) is 12.7 Å². The van der Waals surface area contributed by atoms with Crippen LogP contribution in [0.5, 0.6) is 0 Å². The van der Waals surface area contributed by atoms with Crippen molar-refractivity contribution in [3.8, 4) is 0 Å². The molecule has 0 aliphatic heterocycles. The first-order valence-corrected chi connectivity index (χ1v) is 7.38. The molecule has 102 valence electrons. The van der Waals surface area contributed by atoms with Gasteiger partial charge in [-0.25, -0.2) is 9.37 Å². The van der Waals surface area contributed by atoms with Crippen molar-refractivity contribution in [3.63, 3.8) is 0 Å². The number of aryl methyl sites for hydroxylation is 1. The highest BCUT2D eigenvalue weighted by atomic mass is 32.1. The Morgan fingerprint density at radius 1 is 1.20 bits per heavy atom. The summed E-state index contributed by atoms with van der Waals surface area (Å²) in [6.45, 7) is 2.83. The number of thiazole rings is 1. The maximum absolute atomic E-state index is 13.1. The zero-order chi connectivity index (χ0) is 13.9. The van der Waals surface area contributed by atoms with Gasteiger partial charge in [-0.15, -0.1) is 0 Å². The first-order chi connectivity index (χ1) is 9.70. The lowest BCUT2D eigenvalue weighted by atomic mass is 10.1. The van der Waals surface area contributed by atoms with Crippen LogP contribution in [0.25, 0.3) is 10.2 Å². The first-order valence-electron chi connectivity index (χ1n) is 6.56. The molecule has 20 heavy (non-hydrogen) atoms. The third-order valence-electron chi connectivity index (χ3n) is 3.12. The van der Waals surface area contributed by atoms with Crippen molar-refractivity contribution in [2.45, 2.75) is 13.3 Å². The molecule has 3 aromatic rings. The molecule has 1 aromatic heterocycles. The zero-order valence-electron chi connectivity index (χ0n) is 11.2. The Bertz CT molecular complexity index is 736. The van der Waals surface area contributed by atoms with Crippen LogP contribution in [0.1, 0.15) is 11.1 Å². The number of hydrogen-bond donors (Lipinski definition) is 1. The van der Waals surface area contributed by atoms with Crippen LogP contribution in [0.3, 0.4) is 0 Å². The molecule has 0 aliphatic carbocycles. The van der Waals surface area contributed by atoms with Crippen LogP contribution in [-0.2, 0) is 6.42 Å². The Labute approximate surface area is 121 Å². The molecule has 0 bridgehead atoms. The summed E-state index contributed by atoms with van der Waals surface area (Å²) in [7, 11) is 0. The molecule has 1 N–H and O–H groups in total. The topological polar surface area (TPSA) is 24.9 Å². The van der Waals surface area contributed by atoms with Crippen molar-refractivity contribution in [2.24, 2.45) is 0 Å². The third kappa shape index (κ3) is 2.96. The Kier molecular flexibility index (Phi) is 3.65. The Balaban J connectivity index is 1.65. The van der Waals surface area contributed by atoms with E-state index in [0.29, 0.717) is 0 Å². The van der Waals surface area contributed by atoms with Gasteiger partial charge in [-0.05, 0) is 48.7 Å². The molecule has 2 aromatic carbocycles. The van der Waals surface area contributed by atoms with Crippen molar-refractivity contribution in [3.05, 3.63) is 59.4 Å². The highest BCUT2D eigenvalue weighted by Crippen LogP contribution is 2.26. The number of benzene rings is 2. The number of aromatic nitrogens is 1. The highest BCUT2D eigenvalue weighted by molar-refractivity contribution is 7.22. The predicted octanol–water partition coefficient (Wildman–Crippen LogP) is 4.40. The number of hydrogen-bond acceptors (Lipinski definition) is 3. The van der Waals surface area contributed by atoms with Gasteiger partial charge in [0.05, 0.1) is 10.2 Å². The van der Waals surface area contributed by atoms with E-state index in [2.05, 4.69) is 29.4 Å². The first kappa shape index (κ1) is 13.1. The molecule has 0 amide bonds. The molecule has 4 heteroatoms. The molecule has 0 saturated heterocycles. The molecule has 0 atom stereocenters. The molecule has 3 rings (SSSR count). The number of nitrogens with zero attached hydrogens (tertiary/aromatic N) is 1. The lowest BCUT2D eigenvalue weighted by Crippen LogP contribution is -2.04. The van der Waals surface area contributed by atoms with Crippen LogP contribution in [0.15, 0.2) is 42.5 Å². The molecular weight excluding hydrogens is 271 g/mol. The van der Waals surface area contributed by atoms with Crippen LogP contribution in [0.2, 0.25) is 0 Å². The molecule has 0 spiro atoms. The lowest BCUT2D eigenvalue weighted by molar-refractivity contribution is 0.625. The van der Waals surface area contributed by atoms with Gasteiger partial charge in [0.1, 0.15) is 5.82 Å². The van der Waals surface area contributed by atoms with Gasteiger partial charge in [0.25, 0.3) is 0 Å². The fourth-order valence-corrected chi connectivity index (χ4v) is 3.10. The summed E-state index contributed by atoms with van der Waals surface area (Å²) < 4.78 is 14.3. The van der Waals surface area contributed by atoms with Crippen LogP contribution in [-0.4, -0.2) is 11.5 Å². The summed E-state index contributed by atoms with van der Waals surface area (Å²) in [5.74, 6) is -0.182. The van der Waals surface area contributed by atoms with E-state index < -0.39 is 0 Å². The summed E-state index contributed by atoms with van der Waals surface area (Å²) in [6.07, 6.45) is 0.784. The monoisotopic (exact) mass is 286 g/mol. The molecule has 0 saturated carbocycles. The highest BCUT2D eigenvalue weighted by Gasteiger charge is 2.03. The molecule has 2 nitrogen and oxygen atoms in total. The van der Waals surface area contributed by atoms with Crippen molar-refractivity contribution in [1.29, 1.82) is 0 Å². The lowest BCUT2D eigenvalue weighted by Gasteiger charge is -2.02. The molecule has 0 radical (unpaired) electrons. The van der Waals surface area contributed by atoms with Crippen LogP contribution < -0.4 is 5.32 Å². The van der Waals surface area contributed by atoms with Gasteiger partial charge in [-0.3, -0.25) is 0 Å². The predicted molar refractivity (Wildman–Crippen MR) is 83.0 cm³/mol. The summed E-state index contributed by atoms with van der Waals surface area (Å²) >= 11 is 1.65. The van der Waals surface area contributed by atoms with E-state index >= 15 is 0 Å². The maximum atomic E-state index is 13.1. The standard InChI is InChI=1S/C16H15FN2S/c1-11-5-6-14-15(9-11)20-16(19-14)18-8-7-12-3-2-4-13(17)10-12/h2-6,9-10H,7-8H2,1H3,(H,18,19). The molecule has 0 aliphatic rings. The molecule has 0 fully saturated rings. The van der Waals surface area contributed by atoms with E-state index in [1.54, 1.807) is 23.5 Å². The summed E-state index contributed by atoms with van der Waals surface area (Å²) in [4.78, 5) is 4.54. The molecule has 1 heterocycles. The summed E-state index contributed by atoms with van der Waals surface area (Å²) in [5, 5.41) is 4.22. The Morgan fingerprint density at radius 2 is 2.10 bits per heavy atom. The van der Waals surface area contributed by atoms with E-state index in [1.165, 1.54) is 16.3 Å². The van der Waals surface area contributed by atoms with E-state index in [-0.39, 0.29) is 5.82 Å². The van der Waals surface area contributed by atoms with Crippen molar-refractivity contribution < 1.29 is 4.39 Å². The summed E-state index contributed by atoms with van der Waals surface area (Å²) in [6, 6.07) is 13.0. The minimum absolute atomic E-state index is 0.182. The minimum Gasteiger partial charge on any atom is -0.361 e. The van der Waals surface area contributed by atoms with E-state index in [9.17, 15) is 4.39 Å². The van der Waals surface area contributed by atoms with E-state index in [0.717, 1.165) is 29.2 Å². The average Bonchev–Trinajstić information content (AvgIpc) is 2.80. The van der Waals surface area contributed by atoms with Gasteiger partial charge in [0.15, 0.2) is 5.13 Å². The van der Waals surface area contributed by atoms with Gasteiger partial charge in [-0.2, -0.15) is 0 Å². The Morgan fingerprint density at radius 3 is 2.95 bits per heavy atom. The van der Waals surface area contributed by atoms with Crippen molar-refractivity contribution >= 4 is 26.7 Å². The maximum Gasteiger partial charge on any atom is 0.183 e. The zero-order valence-corrected chi connectivity index (χ0v) is 12.0. The molecule has 0 unspecified atom stereocenters. The average molecular weight is 286 g/mol. The van der Waals surface area contributed by atoms with Crippen LogP contribution >= 0.6 is 11.3 Å². The van der Waals surface area contributed by atoms with Gasteiger partial charge < -0.3 is 5.32 Å². The fourth-order valence-electron chi connectivity index (χ4n) is 2.11. The van der Waals surface area contributed by atoms with Crippen molar-refractivity contribution in [1.82, 2.24) is 4.98 Å².